The Morgan fingerprint density at radius 1 is 1.42 bits per heavy atom. The first-order chi connectivity index (χ1) is 9.04. The summed E-state index contributed by atoms with van der Waals surface area (Å²) in [6, 6.07) is 7.65. The molecule has 2 rings (SSSR count). The minimum Gasteiger partial charge on any atom is -0.327 e. The van der Waals surface area contributed by atoms with Gasteiger partial charge in [-0.15, -0.1) is 0 Å². The molecule has 0 saturated heterocycles. The van der Waals surface area contributed by atoms with Crippen LogP contribution in [0.5, 0.6) is 0 Å². The Hall–Kier alpha value is -1.88. The average Bonchev–Trinajstić information content (AvgIpc) is 2.74. The Morgan fingerprint density at radius 2 is 2.11 bits per heavy atom. The third-order valence-corrected chi connectivity index (χ3v) is 3.41. The van der Waals surface area contributed by atoms with Crippen molar-refractivity contribution in [3.63, 3.8) is 0 Å². The standard InChI is InChI=1S/C14H20N4O/c1-4-18-12-8-6-5-7-11(12)16-14(18)17-13(19)9(2)10(3)15/h5-10H,4,15H2,1-3H3,(H,16,17,19). The smallest absolute Gasteiger partial charge is 0.231 e. The van der Waals surface area contributed by atoms with Crippen LogP contribution in [-0.2, 0) is 11.3 Å². The first-order valence-corrected chi connectivity index (χ1v) is 6.56. The number of nitrogens with two attached hydrogens (primary N) is 1. The zero-order valence-corrected chi connectivity index (χ0v) is 11.6. The van der Waals surface area contributed by atoms with Gasteiger partial charge in [-0.1, -0.05) is 19.1 Å². The van der Waals surface area contributed by atoms with Crippen molar-refractivity contribution in [2.45, 2.75) is 33.4 Å². The second-order valence-corrected chi connectivity index (χ2v) is 4.81. The number of carbonyl (C=O) groups is 1. The lowest BCUT2D eigenvalue weighted by atomic mass is 10.0. The number of benzene rings is 1. The van der Waals surface area contributed by atoms with Crippen molar-refractivity contribution in [1.29, 1.82) is 0 Å². The Kier molecular flexibility index (Phi) is 3.85. The van der Waals surface area contributed by atoms with Gasteiger partial charge in [0.1, 0.15) is 0 Å². The van der Waals surface area contributed by atoms with Crippen LogP contribution in [0.3, 0.4) is 0 Å². The molecule has 0 aliphatic rings. The summed E-state index contributed by atoms with van der Waals surface area (Å²) in [6.45, 7) is 6.42. The molecule has 2 atom stereocenters. The molecule has 1 heterocycles. The molecule has 0 radical (unpaired) electrons. The van der Waals surface area contributed by atoms with Gasteiger partial charge < -0.3 is 10.3 Å². The normalized spacial score (nSPS) is 14.3. The van der Waals surface area contributed by atoms with Crippen molar-refractivity contribution in [2.75, 3.05) is 5.32 Å². The van der Waals surface area contributed by atoms with E-state index >= 15 is 0 Å². The maximum atomic E-state index is 12.1. The number of aryl methyl sites for hydroxylation is 1. The van der Waals surface area contributed by atoms with Crippen LogP contribution in [-0.4, -0.2) is 21.5 Å². The fourth-order valence-electron chi connectivity index (χ4n) is 1.95. The SMILES string of the molecule is CCn1c(NC(=O)C(C)C(C)N)nc2ccccc21. The van der Waals surface area contributed by atoms with Gasteiger partial charge in [-0.25, -0.2) is 4.98 Å². The highest BCUT2D eigenvalue weighted by atomic mass is 16.2. The molecule has 5 heteroatoms. The Labute approximate surface area is 112 Å². The lowest BCUT2D eigenvalue weighted by Crippen LogP contribution is -2.35. The van der Waals surface area contributed by atoms with Gasteiger partial charge in [0.15, 0.2) is 0 Å². The highest BCUT2D eigenvalue weighted by molar-refractivity contribution is 5.93. The lowest BCUT2D eigenvalue weighted by molar-refractivity contribution is -0.119. The van der Waals surface area contributed by atoms with Gasteiger partial charge in [0.2, 0.25) is 11.9 Å². The van der Waals surface area contributed by atoms with Gasteiger partial charge in [0.25, 0.3) is 0 Å². The summed E-state index contributed by atoms with van der Waals surface area (Å²) in [5.74, 6) is 0.242. The van der Waals surface area contributed by atoms with E-state index in [-0.39, 0.29) is 17.9 Å². The first kappa shape index (κ1) is 13.5. The van der Waals surface area contributed by atoms with E-state index in [1.54, 1.807) is 0 Å². The maximum Gasteiger partial charge on any atom is 0.231 e. The molecule has 1 amide bonds. The Balaban J connectivity index is 2.32. The number of nitrogens with zero attached hydrogens (tertiary/aromatic N) is 2. The number of aromatic nitrogens is 2. The second kappa shape index (κ2) is 5.40. The van der Waals surface area contributed by atoms with Gasteiger partial charge >= 0.3 is 0 Å². The Morgan fingerprint density at radius 3 is 2.74 bits per heavy atom. The monoisotopic (exact) mass is 260 g/mol. The molecule has 0 fully saturated rings. The topological polar surface area (TPSA) is 72.9 Å². The fourth-order valence-corrected chi connectivity index (χ4v) is 1.95. The van der Waals surface area contributed by atoms with Crippen molar-refractivity contribution in [3.05, 3.63) is 24.3 Å². The lowest BCUT2D eigenvalue weighted by Gasteiger charge is -2.15. The molecule has 2 unspecified atom stereocenters. The summed E-state index contributed by atoms with van der Waals surface area (Å²) in [4.78, 5) is 16.5. The number of amides is 1. The highest BCUT2D eigenvalue weighted by Crippen LogP contribution is 2.19. The first-order valence-electron chi connectivity index (χ1n) is 6.56. The van der Waals surface area contributed by atoms with E-state index in [4.69, 9.17) is 5.73 Å². The predicted octanol–water partition coefficient (Wildman–Crippen LogP) is 1.98. The third-order valence-electron chi connectivity index (χ3n) is 3.41. The van der Waals surface area contributed by atoms with Crippen LogP contribution < -0.4 is 11.1 Å². The van der Waals surface area contributed by atoms with E-state index in [0.717, 1.165) is 17.6 Å². The quantitative estimate of drug-likeness (QED) is 0.882. The molecule has 102 valence electrons. The largest absolute Gasteiger partial charge is 0.327 e. The van der Waals surface area contributed by atoms with Gasteiger partial charge in [-0.05, 0) is 26.0 Å². The molecule has 0 bridgehead atoms. The van der Waals surface area contributed by atoms with Gasteiger partial charge in [0.05, 0.1) is 17.0 Å². The number of carbonyl (C=O) groups excluding carboxylic acids is 1. The van der Waals surface area contributed by atoms with Gasteiger partial charge in [-0.2, -0.15) is 0 Å². The van der Waals surface area contributed by atoms with Crippen LogP contribution in [0.25, 0.3) is 11.0 Å². The molecule has 0 aliphatic carbocycles. The molecule has 0 aliphatic heterocycles. The predicted molar refractivity (Wildman–Crippen MR) is 76.9 cm³/mol. The Bertz CT molecular complexity index is 588. The van der Waals surface area contributed by atoms with Crippen LogP contribution in [0, 0.1) is 5.92 Å². The summed E-state index contributed by atoms with van der Waals surface area (Å²) in [5.41, 5.74) is 7.65. The third kappa shape index (κ3) is 2.61. The maximum absolute atomic E-state index is 12.1. The van der Waals surface area contributed by atoms with Crippen molar-refractivity contribution < 1.29 is 4.79 Å². The average molecular weight is 260 g/mol. The van der Waals surface area contributed by atoms with Crippen molar-refractivity contribution in [1.82, 2.24) is 9.55 Å². The minimum absolute atomic E-state index is 0.0972. The van der Waals surface area contributed by atoms with Gasteiger partial charge in [-0.3, -0.25) is 10.1 Å². The summed E-state index contributed by atoms with van der Waals surface area (Å²) in [6.07, 6.45) is 0. The van der Waals surface area contributed by atoms with Crippen LogP contribution in [0.1, 0.15) is 20.8 Å². The molecule has 0 spiro atoms. The second-order valence-electron chi connectivity index (χ2n) is 4.81. The molecular weight excluding hydrogens is 240 g/mol. The molecule has 5 nitrogen and oxygen atoms in total. The summed E-state index contributed by atoms with van der Waals surface area (Å²) in [7, 11) is 0. The van der Waals surface area contributed by atoms with E-state index in [1.165, 1.54) is 0 Å². The fraction of sp³-hybridized carbons (Fsp3) is 0.429. The van der Waals surface area contributed by atoms with Crippen molar-refractivity contribution >= 4 is 22.9 Å². The number of fused-ring (bicyclic) bond motifs is 1. The molecule has 2 aromatic rings. The van der Waals surface area contributed by atoms with E-state index in [1.807, 2.05) is 49.6 Å². The van der Waals surface area contributed by atoms with E-state index in [0.29, 0.717) is 5.95 Å². The van der Waals surface area contributed by atoms with Crippen molar-refractivity contribution in [3.8, 4) is 0 Å². The number of para-hydroxylation sites is 2. The number of imidazole rings is 1. The summed E-state index contributed by atoms with van der Waals surface area (Å²) in [5, 5.41) is 2.86. The van der Waals surface area contributed by atoms with Crippen LogP contribution in [0.15, 0.2) is 24.3 Å². The molecule has 0 saturated carbocycles. The number of rotatable bonds is 4. The van der Waals surface area contributed by atoms with Crippen LogP contribution in [0.2, 0.25) is 0 Å². The molecule has 1 aromatic carbocycles. The van der Waals surface area contributed by atoms with Crippen LogP contribution >= 0.6 is 0 Å². The molecule has 19 heavy (non-hydrogen) atoms. The van der Waals surface area contributed by atoms with E-state index < -0.39 is 0 Å². The zero-order valence-electron chi connectivity index (χ0n) is 11.6. The van der Waals surface area contributed by atoms with Crippen molar-refractivity contribution in [2.24, 2.45) is 11.7 Å². The number of nitrogens with one attached hydrogen (secondary N) is 1. The molecular formula is C14H20N4O. The highest BCUT2D eigenvalue weighted by Gasteiger charge is 2.19. The summed E-state index contributed by atoms with van der Waals surface area (Å²) < 4.78 is 1.99. The van der Waals surface area contributed by atoms with E-state index in [9.17, 15) is 4.79 Å². The zero-order chi connectivity index (χ0) is 14.0. The van der Waals surface area contributed by atoms with Crippen LogP contribution in [0.4, 0.5) is 5.95 Å². The van der Waals surface area contributed by atoms with Gasteiger partial charge in [0, 0.05) is 12.6 Å². The van der Waals surface area contributed by atoms with E-state index in [2.05, 4.69) is 10.3 Å². The molecule has 1 aromatic heterocycles. The number of anilines is 1. The molecule has 3 N–H and O–H groups in total. The number of hydrogen-bond acceptors (Lipinski definition) is 3. The summed E-state index contributed by atoms with van der Waals surface area (Å²) >= 11 is 0. The number of hydrogen-bond donors (Lipinski definition) is 2. The minimum atomic E-state index is -0.245.